The van der Waals surface area contributed by atoms with Crippen molar-refractivity contribution in [2.24, 2.45) is 0 Å². The van der Waals surface area contributed by atoms with Crippen molar-refractivity contribution in [3.8, 4) is 0 Å². The minimum absolute atomic E-state index is 0.214. The second-order valence-corrected chi connectivity index (χ2v) is 4.39. The summed E-state index contributed by atoms with van der Waals surface area (Å²) in [6.45, 7) is 1.93. The van der Waals surface area contributed by atoms with Gasteiger partial charge in [0.05, 0.1) is 10.7 Å². The lowest BCUT2D eigenvalue weighted by Crippen LogP contribution is -2.08. The second kappa shape index (κ2) is 5.36. The highest BCUT2D eigenvalue weighted by atomic mass is 32.1. The van der Waals surface area contributed by atoms with Crippen molar-refractivity contribution in [2.45, 2.75) is 6.92 Å². The average molecular weight is 245 g/mol. The van der Waals surface area contributed by atoms with E-state index in [1.54, 1.807) is 35.7 Å². The largest absolute Gasteiger partial charge is 0.307 e. The molecule has 0 radical (unpaired) electrons. The molecule has 0 saturated carbocycles. The minimum Gasteiger partial charge on any atom is -0.307 e. The van der Waals surface area contributed by atoms with Gasteiger partial charge in [0, 0.05) is 17.7 Å². The summed E-state index contributed by atoms with van der Waals surface area (Å²) in [6.07, 6.45) is 4.76. The molecule has 0 aromatic carbocycles. The molecule has 0 spiro atoms. The quantitative estimate of drug-likeness (QED) is 0.845. The Morgan fingerprint density at radius 1 is 1.47 bits per heavy atom. The molecule has 2 aromatic rings. The highest BCUT2D eigenvalue weighted by Crippen LogP contribution is 2.09. The molecule has 4 nitrogen and oxygen atoms in total. The van der Waals surface area contributed by atoms with E-state index in [9.17, 15) is 4.79 Å². The second-order valence-electron chi connectivity index (χ2n) is 3.33. The predicted octanol–water partition coefficient (Wildman–Crippen LogP) is 2.50. The van der Waals surface area contributed by atoms with E-state index in [0.29, 0.717) is 5.82 Å². The van der Waals surface area contributed by atoms with Gasteiger partial charge in [-0.15, -0.1) is 11.3 Å². The summed E-state index contributed by atoms with van der Waals surface area (Å²) >= 11 is 1.55. The van der Waals surface area contributed by atoms with Crippen LogP contribution in [-0.2, 0) is 4.79 Å². The Balaban J connectivity index is 1.96. The maximum Gasteiger partial charge on any atom is 0.249 e. The van der Waals surface area contributed by atoms with Crippen LogP contribution in [0.4, 0.5) is 5.82 Å². The maximum absolute atomic E-state index is 11.5. The molecule has 2 rings (SSSR count). The van der Waals surface area contributed by atoms with Crippen LogP contribution in [0.15, 0.2) is 35.9 Å². The summed E-state index contributed by atoms with van der Waals surface area (Å²) in [7, 11) is 0. The van der Waals surface area contributed by atoms with Crippen molar-refractivity contribution >= 4 is 29.1 Å². The van der Waals surface area contributed by atoms with Gasteiger partial charge in [-0.25, -0.2) is 9.97 Å². The molecular formula is C12H11N3OS. The highest BCUT2D eigenvalue weighted by molar-refractivity contribution is 7.09. The Morgan fingerprint density at radius 2 is 2.35 bits per heavy atom. The van der Waals surface area contributed by atoms with Crippen LogP contribution in [0.2, 0.25) is 0 Å². The Hall–Kier alpha value is -2.01. The standard InChI is InChI=1S/C12H11N3OS/c1-9-14-10(8-17-9)5-6-12(16)15-11-4-2-3-7-13-11/h2-8H,1H3,(H,13,15,16)/b6-5+. The van der Waals surface area contributed by atoms with Gasteiger partial charge in [-0.2, -0.15) is 0 Å². The fourth-order valence-corrected chi connectivity index (χ4v) is 1.80. The van der Waals surface area contributed by atoms with Crippen LogP contribution in [0.3, 0.4) is 0 Å². The van der Waals surface area contributed by atoms with Crippen molar-refractivity contribution in [2.75, 3.05) is 5.32 Å². The fraction of sp³-hybridized carbons (Fsp3) is 0.0833. The number of thiazole rings is 1. The summed E-state index contributed by atoms with van der Waals surface area (Å²) < 4.78 is 0. The topological polar surface area (TPSA) is 54.9 Å². The molecule has 0 aliphatic carbocycles. The van der Waals surface area contributed by atoms with Crippen molar-refractivity contribution in [3.63, 3.8) is 0 Å². The lowest BCUT2D eigenvalue weighted by molar-refractivity contribution is -0.111. The lowest BCUT2D eigenvalue weighted by Gasteiger charge is -1.98. The van der Waals surface area contributed by atoms with Gasteiger partial charge in [0.2, 0.25) is 5.91 Å². The van der Waals surface area contributed by atoms with Gasteiger partial charge in [-0.1, -0.05) is 6.07 Å². The van der Waals surface area contributed by atoms with Gasteiger partial charge < -0.3 is 5.32 Å². The Kier molecular flexibility index (Phi) is 3.62. The van der Waals surface area contributed by atoms with E-state index in [-0.39, 0.29) is 5.91 Å². The van der Waals surface area contributed by atoms with Crippen LogP contribution in [0, 0.1) is 6.92 Å². The van der Waals surface area contributed by atoms with Gasteiger partial charge in [-0.05, 0) is 25.1 Å². The Labute approximate surface area is 103 Å². The third-order valence-corrected chi connectivity index (χ3v) is 2.75. The number of aromatic nitrogens is 2. The van der Waals surface area contributed by atoms with E-state index < -0.39 is 0 Å². The first-order chi connectivity index (χ1) is 8.24. The van der Waals surface area contributed by atoms with E-state index in [1.165, 1.54) is 6.08 Å². The van der Waals surface area contributed by atoms with E-state index in [4.69, 9.17) is 0 Å². The molecule has 0 saturated heterocycles. The van der Waals surface area contributed by atoms with Crippen molar-refractivity contribution in [3.05, 3.63) is 46.6 Å². The summed E-state index contributed by atoms with van der Waals surface area (Å²) in [5, 5.41) is 5.54. The Morgan fingerprint density at radius 3 is 3.00 bits per heavy atom. The molecule has 2 heterocycles. The molecule has 0 aliphatic heterocycles. The van der Waals surface area contributed by atoms with Crippen LogP contribution in [0.5, 0.6) is 0 Å². The molecule has 5 heteroatoms. The molecule has 1 amide bonds. The number of nitrogens with one attached hydrogen (secondary N) is 1. The average Bonchev–Trinajstić information content (AvgIpc) is 2.74. The van der Waals surface area contributed by atoms with Crippen LogP contribution >= 0.6 is 11.3 Å². The molecule has 0 unspecified atom stereocenters. The number of rotatable bonds is 3. The third kappa shape index (κ3) is 3.49. The SMILES string of the molecule is Cc1nc(/C=C/C(=O)Nc2ccccn2)cs1. The number of aryl methyl sites for hydroxylation is 1. The van der Waals surface area contributed by atoms with E-state index >= 15 is 0 Å². The third-order valence-electron chi connectivity index (χ3n) is 1.96. The molecular weight excluding hydrogens is 234 g/mol. The monoisotopic (exact) mass is 245 g/mol. The van der Waals surface area contributed by atoms with Gasteiger partial charge >= 0.3 is 0 Å². The Bertz CT molecular complexity index is 534. The van der Waals surface area contributed by atoms with Gasteiger partial charge in [0.25, 0.3) is 0 Å². The molecule has 86 valence electrons. The zero-order valence-electron chi connectivity index (χ0n) is 9.25. The number of hydrogen-bond acceptors (Lipinski definition) is 4. The molecule has 2 aromatic heterocycles. The van der Waals surface area contributed by atoms with Crippen molar-refractivity contribution in [1.82, 2.24) is 9.97 Å². The molecule has 1 N–H and O–H groups in total. The number of anilines is 1. The van der Waals surface area contributed by atoms with Crippen LogP contribution in [-0.4, -0.2) is 15.9 Å². The molecule has 0 aliphatic rings. The normalized spacial score (nSPS) is 10.6. The van der Waals surface area contributed by atoms with Crippen LogP contribution in [0.25, 0.3) is 6.08 Å². The number of hydrogen-bond donors (Lipinski definition) is 1. The van der Waals surface area contributed by atoms with E-state index in [1.807, 2.05) is 18.4 Å². The number of carbonyl (C=O) groups excluding carboxylic acids is 1. The zero-order valence-corrected chi connectivity index (χ0v) is 10.1. The number of nitrogens with zero attached hydrogens (tertiary/aromatic N) is 2. The van der Waals surface area contributed by atoms with E-state index in [0.717, 1.165) is 10.7 Å². The number of carbonyl (C=O) groups is 1. The lowest BCUT2D eigenvalue weighted by atomic mass is 10.4. The first kappa shape index (κ1) is 11.5. The first-order valence-corrected chi connectivity index (χ1v) is 5.94. The summed E-state index contributed by atoms with van der Waals surface area (Å²) in [4.78, 5) is 19.8. The van der Waals surface area contributed by atoms with Gasteiger partial charge in [0.15, 0.2) is 0 Å². The van der Waals surface area contributed by atoms with Crippen LogP contribution in [0.1, 0.15) is 10.7 Å². The smallest absolute Gasteiger partial charge is 0.249 e. The van der Waals surface area contributed by atoms with Gasteiger partial charge in [0.1, 0.15) is 5.82 Å². The molecule has 0 fully saturated rings. The maximum atomic E-state index is 11.5. The fourth-order valence-electron chi connectivity index (χ4n) is 1.22. The van der Waals surface area contributed by atoms with Crippen LogP contribution < -0.4 is 5.32 Å². The number of pyridine rings is 1. The first-order valence-electron chi connectivity index (χ1n) is 5.06. The zero-order chi connectivity index (χ0) is 12.1. The summed E-state index contributed by atoms with van der Waals surface area (Å²) in [5.41, 5.74) is 0.795. The molecule has 17 heavy (non-hydrogen) atoms. The van der Waals surface area contributed by atoms with Gasteiger partial charge in [-0.3, -0.25) is 4.79 Å². The molecule has 0 atom stereocenters. The highest BCUT2D eigenvalue weighted by Gasteiger charge is 1.98. The summed E-state index contributed by atoms with van der Waals surface area (Å²) in [6, 6.07) is 5.35. The van der Waals surface area contributed by atoms with Crippen molar-refractivity contribution < 1.29 is 4.79 Å². The summed E-state index contributed by atoms with van der Waals surface area (Å²) in [5.74, 6) is 0.325. The van der Waals surface area contributed by atoms with Crippen molar-refractivity contribution in [1.29, 1.82) is 0 Å². The predicted molar refractivity (Wildman–Crippen MR) is 68.8 cm³/mol. The molecule has 0 bridgehead atoms. The number of amides is 1. The van der Waals surface area contributed by atoms with E-state index in [2.05, 4.69) is 15.3 Å². The minimum atomic E-state index is -0.214.